The van der Waals surface area contributed by atoms with Crippen LogP contribution in [0.25, 0.3) is 0 Å². The zero-order valence-electron chi connectivity index (χ0n) is 14.3. The van der Waals surface area contributed by atoms with Crippen LogP contribution >= 0.6 is 13.5 Å². The van der Waals surface area contributed by atoms with E-state index in [1.165, 1.54) is 12.8 Å². The predicted octanol–water partition coefficient (Wildman–Crippen LogP) is 3.35. The zero-order chi connectivity index (χ0) is 16.8. The second-order valence-corrected chi connectivity index (χ2v) is 6.29. The molecule has 1 aliphatic heterocycles. The SMILES string of the molecule is N#Cc1cccc(COc2cccc([C@H](N)CN3CCCC3)c2)c1.S. The fraction of sp³-hybridized carbons (Fsp3) is 0.350. The normalized spacial score (nSPS) is 15.2. The molecule has 2 aromatic carbocycles. The summed E-state index contributed by atoms with van der Waals surface area (Å²) in [5.74, 6) is 0.812. The molecule has 3 rings (SSSR count). The van der Waals surface area contributed by atoms with E-state index in [9.17, 15) is 0 Å². The maximum Gasteiger partial charge on any atom is 0.120 e. The van der Waals surface area contributed by atoms with Gasteiger partial charge in [-0.25, -0.2) is 0 Å². The van der Waals surface area contributed by atoms with Gasteiger partial charge in [-0.05, 0) is 61.3 Å². The van der Waals surface area contributed by atoms with E-state index >= 15 is 0 Å². The highest BCUT2D eigenvalue weighted by molar-refractivity contribution is 7.59. The molecule has 1 fully saturated rings. The molecule has 132 valence electrons. The van der Waals surface area contributed by atoms with Crippen LogP contribution in [0.1, 0.15) is 35.6 Å². The average Bonchev–Trinajstić information content (AvgIpc) is 3.13. The summed E-state index contributed by atoms with van der Waals surface area (Å²) in [5, 5.41) is 8.95. The first-order valence-electron chi connectivity index (χ1n) is 8.44. The van der Waals surface area contributed by atoms with Crippen molar-refractivity contribution in [2.75, 3.05) is 19.6 Å². The van der Waals surface area contributed by atoms with Crippen LogP contribution in [0.3, 0.4) is 0 Å². The zero-order valence-corrected chi connectivity index (χ0v) is 15.3. The number of likely N-dealkylation sites (tertiary alicyclic amines) is 1. The third kappa shape index (κ3) is 5.50. The molecule has 0 amide bonds. The average molecular weight is 356 g/mol. The highest BCUT2D eigenvalue weighted by atomic mass is 32.1. The molecular weight excluding hydrogens is 330 g/mol. The number of hydrogen-bond acceptors (Lipinski definition) is 4. The number of ether oxygens (including phenoxy) is 1. The highest BCUT2D eigenvalue weighted by Gasteiger charge is 2.16. The van der Waals surface area contributed by atoms with Gasteiger partial charge in [0.2, 0.25) is 0 Å². The minimum absolute atomic E-state index is 0. The molecule has 1 aliphatic rings. The van der Waals surface area contributed by atoms with Crippen molar-refractivity contribution in [3.63, 3.8) is 0 Å². The molecule has 0 unspecified atom stereocenters. The van der Waals surface area contributed by atoms with Crippen molar-refractivity contribution in [1.29, 1.82) is 5.26 Å². The summed E-state index contributed by atoms with van der Waals surface area (Å²) in [6.45, 7) is 3.65. The molecule has 25 heavy (non-hydrogen) atoms. The van der Waals surface area contributed by atoms with Gasteiger partial charge in [-0.2, -0.15) is 18.8 Å². The van der Waals surface area contributed by atoms with Crippen molar-refractivity contribution in [2.45, 2.75) is 25.5 Å². The number of hydrogen-bond donors (Lipinski definition) is 1. The minimum atomic E-state index is 0. The number of rotatable bonds is 6. The van der Waals surface area contributed by atoms with Gasteiger partial charge in [-0.1, -0.05) is 24.3 Å². The van der Waals surface area contributed by atoms with Crippen molar-refractivity contribution in [3.8, 4) is 11.8 Å². The van der Waals surface area contributed by atoms with Crippen LogP contribution in [0.15, 0.2) is 48.5 Å². The molecule has 0 aromatic heterocycles. The summed E-state index contributed by atoms with van der Waals surface area (Å²) in [6, 6.07) is 17.6. The Morgan fingerprint density at radius 1 is 1.12 bits per heavy atom. The molecule has 0 aliphatic carbocycles. The Balaban J connectivity index is 0.00000225. The summed E-state index contributed by atoms with van der Waals surface area (Å²) < 4.78 is 5.87. The van der Waals surface area contributed by atoms with E-state index < -0.39 is 0 Å². The summed E-state index contributed by atoms with van der Waals surface area (Å²) in [7, 11) is 0. The van der Waals surface area contributed by atoms with Crippen LogP contribution in [0.4, 0.5) is 0 Å². The fourth-order valence-electron chi connectivity index (χ4n) is 3.08. The van der Waals surface area contributed by atoms with Gasteiger partial charge in [0, 0.05) is 12.6 Å². The van der Waals surface area contributed by atoms with E-state index in [0.717, 1.165) is 36.5 Å². The molecule has 1 atom stereocenters. The van der Waals surface area contributed by atoms with Gasteiger partial charge in [-0.15, -0.1) is 0 Å². The van der Waals surface area contributed by atoms with Gasteiger partial charge in [0.1, 0.15) is 12.4 Å². The van der Waals surface area contributed by atoms with E-state index in [-0.39, 0.29) is 19.5 Å². The number of nitriles is 1. The van der Waals surface area contributed by atoms with E-state index in [0.29, 0.717) is 12.2 Å². The summed E-state index contributed by atoms with van der Waals surface area (Å²) in [4.78, 5) is 2.42. The molecule has 0 bridgehead atoms. The lowest BCUT2D eigenvalue weighted by atomic mass is 10.1. The first kappa shape index (κ1) is 19.3. The number of nitrogens with two attached hydrogens (primary N) is 1. The second kappa shape index (κ2) is 9.47. The molecule has 0 spiro atoms. The molecule has 1 saturated heterocycles. The van der Waals surface area contributed by atoms with Crippen LogP contribution in [0.5, 0.6) is 5.75 Å². The lowest BCUT2D eigenvalue weighted by Gasteiger charge is -2.20. The van der Waals surface area contributed by atoms with Crippen molar-refractivity contribution in [2.24, 2.45) is 5.73 Å². The van der Waals surface area contributed by atoms with Gasteiger partial charge in [0.25, 0.3) is 0 Å². The van der Waals surface area contributed by atoms with Gasteiger partial charge in [-0.3, -0.25) is 0 Å². The molecule has 1 heterocycles. The second-order valence-electron chi connectivity index (χ2n) is 6.29. The summed E-state index contributed by atoms with van der Waals surface area (Å²) in [5.41, 5.74) is 9.09. The predicted molar refractivity (Wildman–Crippen MR) is 105 cm³/mol. The molecule has 4 nitrogen and oxygen atoms in total. The highest BCUT2D eigenvalue weighted by Crippen LogP contribution is 2.21. The van der Waals surface area contributed by atoms with E-state index in [2.05, 4.69) is 17.0 Å². The Morgan fingerprint density at radius 2 is 1.88 bits per heavy atom. The van der Waals surface area contributed by atoms with Crippen molar-refractivity contribution in [1.82, 2.24) is 4.90 Å². The Labute approximate surface area is 156 Å². The van der Waals surface area contributed by atoms with Crippen LogP contribution in [-0.4, -0.2) is 24.5 Å². The quantitative estimate of drug-likeness (QED) is 0.863. The first-order valence-corrected chi connectivity index (χ1v) is 8.44. The lowest BCUT2D eigenvalue weighted by molar-refractivity contribution is 0.302. The topological polar surface area (TPSA) is 62.3 Å². The van der Waals surface area contributed by atoms with Crippen LogP contribution < -0.4 is 10.5 Å². The summed E-state index contributed by atoms with van der Waals surface area (Å²) in [6.07, 6.45) is 2.55. The number of nitrogens with zero attached hydrogens (tertiary/aromatic N) is 2. The lowest BCUT2D eigenvalue weighted by Crippen LogP contribution is -2.29. The minimum Gasteiger partial charge on any atom is -0.489 e. The maximum atomic E-state index is 8.95. The van der Waals surface area contributed by atoms with Gasteiger partial charge in [0.15, 0.2) is 0 Å². The molecule has 0 radical (unpaired) electrons. The molecule has 5 heteroatoms. The monoisotopic (exact) mass is 355 g/mol. The van der Waals surface area contributed by atoms with Crippen molar-refractivity contribution in [3.05, 3.63) is 65.2 Å². The van der Waals surface area contributed by atoms with Crippen molar-refractivity contribution >= 4 is 13.5 Å². The van der Waals surface area contributed by atoms with Gasteiger partial charge in [0.05, 0.1) is 11.6 Å². The summed E-state index contributed by atoms with van der Waals surface area (Å²) >= 11 is 0. The molecular formula is C20H25N3OS. The van der Waals surface area contributed by atoms with E-state index in [1.54, 1.807) is 6.07 Å². The van der Waals surface area contributed by atoms with Crippen LogP contribution in [-0.2, 0) is 6.61 Å². The standard InChI is InChI=1S/C20H23N3O.H2S/c21-13-16-5-3-6-17(11-16)15-24-19-8-4-7-18(12-19)20(22)14-23-9-1-2-10-23;/h3-8,11-12,20H,1-2,9-10,14-15,22H2;1H2/t20-;/m1./s1. The van der Waals surface area contributed by atoms with Crippen molar-refractivity contribution < 1.29 is 4.74 Å². The Bertz CT molecular complexity index is 723. The largest absolute Gasteiger partial charge is 0.489 e. The Hall–Kier alpha value is -2.00. The third-order valence-corrected chi connectivity index (χ3v) is 4.40. The van der Waals surface area contributed by atoms with Crippen LogP contribution in [0, 0.1) is 11.3 Å². The Morgan fingerprint density at radius 3 is 2.64 bits per heavy atom. The Kier molecular flexibility index (Phi) is 7.32. The van der Waals surface area contributed by atoms with E-state index in [4.69, 9.17) is 15.7 Å². The number of benzene rings is 2. The smallest absolute Gasteiger partial charge is 0.120 e. The third-order valence-electron chi connectivity index (χ3n) is 4.40. The molecule has 0 saturated carbocycles. The maximum absolute atomic E-state index is 8.95. The van der Waals surface area contributed by atoms with E-state index in [1.807, 2.05) is 36.4 Å². The fourth-order valence-corrected chi connectivity index (χ4v) is 3.08. The van der Waals surface area contributed by atoms with Gasteiger partial charge >= 0.3 is 0 Å². The first-order chi connectivity index (χ1) is 11.7. The van der Waals surface area contributed by atoms with Gasteiger partial charge < -0.3 is 15.4 Å². The van der Waals surface area contributed by atoms with Crippen LogP contribution in [0.2, 0.25) is 0 Å². The molecule has 2 aromatic rings. The molecule has 2 N–H and O–H groups in total.